The standard InChI is InChI=1S/C17H11Cl2NO2/c18-15-7-6-13(9-16(15)19)8-14(10-20)17(21)22-11-12-4-2-1-3-5-12/h1-9H,11H2. The Morgan fingerprint density at radius 2 is 1.86 bits per heavy atom. The molecule has 0 bridgehead atoms. The van der Waals surface area contributed by atoms with Gasteiger partial charge in [0.2, 0.25) is 0 Å². The quantitative estimate of drug-likeness (QED) is 0.465. The first-order chi connectivity index (χ1) is 10.6. The number of benzene rings is 2. The summed E-state index contributed by atoms with van der Waals surface area (Å²) in [5.41, 5.74) is 1.35. The van der Waals surface area contributed by atoms with Gasteiger partial charge < -0.3 is 4.74 Å². The molecule has 3 nitrogen and oxygen atoms in total. The monoisotopic (exact) mass is 331 g/mol. The second-order valence-electron chi connectivity index (χ2n) is 4.41. The molecule has 0 fully saturated rings. The summed E-state index contributed by atoms with van der Waals surface area (Å²) in [6.45, 7) is 0.111. The SMILES string of the molecule is N#CC(=Cc1ccc(Cl)c(Cl)c1)C(=O)OCc1ccccc1. The lowest BCUT2D eigenvalue weighted by Crippen LogP contribution is -2.06. The number of carbonyl (C=O) groups is 1. The van der Waals surface area contributed by atoms with Crippen molar-refractivity contribution in [3.63, 3.8) is 0 Å². The Morgan fingerprint density at radius 3 is 2.50 bits per heavy atom. The van der Waals surface area contributed by atoms with Gasteiger partial charge in [-0.15, -0.1) is 0 Å². The van der Waals surface area contributed by atoms with Crippen LogP contribution in [0.1, 0.15) is 11.1 Å². The molecule has 0 amide bonds. The van der Waals surface area contributed by atoms with Crippen molar-refractivity contribution in [2.75, 3.05) is 0 Å². The van der Waals surface area contributed by atoms with Gasteiger partial charge in [0.05, 0.1) is 10.0 Å². The van der Waals surface area contributed by atoms with Crippen molar-refractivity contribution in [3.05, 3.63) is 75.3 Å². The van der Waals surface area contributed by atoms with E-state index in [1.165, 1.54) is 6.08 Å². The fourth-order valence-electron chi connectivity index (χ4n) is 1.71. The predicted molar refractivity (Wildman–Crippen MR) is 86.3 cm³/mol. The molecule has 5 heteroatoms. The Bertz CT molecular complexity index is 749. The Hall–Kier alpha value is -2.28. The topological polar surface area (TPSA) is 50.1 Å². The third-order valence-electron chi connectivity index (χ3n) is 2.81. The highest BCUT2D eigenvalue weighted by Crippen LogP contribution is 2.23. The van der Waals surface area contributed by atoms with Crippen molar-refractivity contribution in [2.45, 2.75) is 6.61 Å². The number of ether oxygens (including phenoxy) is 1. The van der Waals surface area contributed by atoms with E-state index in [0.717, 1.165) is 5.56 Å². The van der Waals surface area contributed by atoms with Gasteiger partial charge in [-0.3, -0.25) is 0 Å². The van der Waals surface area contributed by atoms with Crippen LogP contribution in [-0.2, 0) is 16.1 Å². The van der Waals surface area contributed by atoms with Crippen molar-refractivity contribution >= 4 is 35.2 Å². The fourth-order valence-corrected chi connectivity index (χ4v) is 2.01. The molecule has 2 aromatic carbocycles. The van der Waals surface area contributed by atoms with Gasteiger partial charge in [-0.25, -0.2) is 4.79 Å². The molecule has 0 aromatic heterocycles. The Balaban J connectivity index is 2.10. The number of carbonyl (C=O) groups excluding carboxylic acids is 1. The molecule has 0 saturated carbocycles. The van der Waals surface area contributed by atoms with Gasteiger partial charge in [0.15, 0.2) is 0 Å². The molecule has 0 aliphatic heterocycles. The minimum Gasteiger partial charge on any atom is -0.457 e. The molecule has 2 aromatic rings. The summed E-state index contributed by atoms with van der Waals surface area (Å²) in [6.07, 6.45) is 1.41. The largest absolute Gasteiger partial charge is 0.457 e. The fraction of sp³-hybridized carbons (Fsp3) is 0.0588. The summed E-state index contributed by atoms with van der Waals surface area (Å²) in [5.74, 6) is -0.683. The number of halogens is 2. The number of nitrogens with zero attached hydrogens (tertiary/aromatic N) is 1. The lowest BCUT2D eigenvalue weighted by atomic mass is 10.1. The highest BCUT2D eigenvalue weighted by atomic mass is 35.5. The van der Waals surface area contributed by atoms with Crippen molar-refractivity contribution in [1.29, 1.82) is 5.26 Å². The molecule has 0 unspecified atom stereocenters. The Morgan fingerprint density at radius 1 is 1.14 bits per heavy atom. The predicted octanol–water partition coefficient (Wildman–Crippen LogP) is 4.64. The lowest BCUT2D eigenvalue weighted by Gasteiger charge is -2.04. The first kappa shape index (κ1) is 16.1. The third-order valence-corrected chi connectivity index (χ3v) is 3.55. The van der Waals surface area contributed by atoms with E-state index in [1.54, 1.807) is 18.2 Å². The maximum absolute atomic E-state index is 11.9. The summed E-state index contributed by atoms with van der Waals surface area (Å²) >= 11 is 11.7. The van der Waals surface area contributed by atoms with Crippen LogP contribution < -0.4 is 0 Å². The molecule has 0 radical (unpaired) electrons. The smallest absolute Gasteiger partial charge is 0.349 e. The summed E-state index contributed by atoms with van der Waals surface area (Å²) < 4.78 is 5.12. The first-order valence-electron chi connectivity index (χ1n) is 6.38. The second-order valence-corrected chi connectivity index (χ2v) is 5.22. The van der Waals surface area contributed by atoms with Crippen molar-refractivity contribution in [2.24, 2.45) is 0 Å². The van der Waals surface area contributed by atoms with Crippen LogP contribution in [0.25, 0.3) is 6.08 Å². The number of nitriles is 1. The zero-order chi connectivity index (χ0) is 15.9. The molecule has 2 rings (SSSR count). The molecular formula is C17H11Cl2NO2. The number of hydrogen-bond donors (Lipinski definition) is 0. The normalized spacial score (nSPS) is 10.9. The van der Waals surface area contributed by atoms with Crippen molar-refractivity contribution in [1.82, 2.24) is 0 Å². The summed E-state index contributed by atoms with van der Waals surface area (Å²) in [6, 6.07) is 15.9. The van der Waals surface area contributed by atoms with Crippen LogP contribution in [0.2, 0.25) is 10.0 Å². The average Bonchev–Trinajstić information content (AvgIpc) is 2.54. The van der Waals surface area contributed by atoms with E-state index in [4.69, 9.17) is 33.2 Å². The van der Waals surface area contributed by atoms with Gasteiger partial charge in [-0.1, -0.05) is 59.6 Å². The van der Waals surface area contributed by atoms with Gasteiger partial charge in [0, 0.05) is 0 Å². The summed E-state index contributed by atoms with van der Waals surface area (Å²) in [4.78, 5) is 11.9. The highest BCUT2D eigenvalue weighted by Gasteiger charge is 2.11. The van der Waals surface area contributed by atoms with Crippen LogP contribution >= 0.6 is 23.2 Å². The summed E-state index contributed by atoms with van der Waals surface area (Å²) in [5, 5.41) is 9.86. The van der Waals surface area contributed by atoms with Crippen LogP contribution in [0.15, 0.2) is 54.1 Å². The van der Waals surface area contributed by atoms with E-state index >= 15 is 0 Å². The molecule has 0 heterocycles. The Kier molecular flexibility index (Phi) is 5.60. The van der Waals surface area contributed by atoms with Gasteiger partial charge >= 0.3 is 5.97 Å². The van der Waals surface area contributed by atoms with Crippen LogP contribution in [0.3, 0.4) is 0 Å². The van der Waals surface area contributed by atoms with E-state index in [1.807, 2.05) is 36.4 Å². The van der Waals surface area contributed by atoms with Gasteiger partial charge in [0.1, 0.15) is 18.2 Å². The van der Waals surface area contributed by atoms with E-state index in [2.05, 4.69) is 0 Å². The van der Waals surface area contributed by atoms with Crippen LogP contribution in [0, 0.1) is 11.3 Å². The highest BCUT2D eigenvalue weighted by molar-refractivity contribution is 6.42. The lowest BCUT2D eigenvalue weighted by molar-refractivity contribution is -0.139. The molecule has 22 heavy (non-hydrogen) atoms. The van der Waals surface area contributed by atoms with Gasteiger partial charge in [-0.2, -0.15) is 5.26 Å². The second kappa shape index (κ2) is 7.65. The van der Waals surface area contributed by atoms with E-state index < -0.39 is 5.97 Å². The Labute approximate surface area is 138 Å². The number of hydrogen-bond acceptors (Lipinski definition) is 3. The molecule has 0 atom stereocenters. The zero-order valence-electron chi connectivity index (χ0n) is 11.4. The van der Waals surface area contributed by atoms with Crippen LogP contribution in [0.5, 0.6) is 0 Å². The maximum Gasteiger partial charge on any atom is 0.349 e. The number of rotatable bonds is 4. The molecule has 0 N–H and O–H groups in total. The van der Waals surface area contributed by atoms with Crippen LogP contribution in [-0.4, -0.2) is 5.97 Å². The summed E-state index contributed by atoms with van der Waals surface area (Å²) in [7, 11) is 0. The van der Waals surface area contributed by atoms with Gasteiger partial charge in [0.25, 0.3) is 0 Å². The first-order valence-corrected chi connectivity index (χ1v) is 7.13. The minimum atomic E-state index is -0.683. The maximum atomic E-state index is 11.9. The zero-order valence-corrected chi connectivity index (χ0v) is 12.9. The molecule has 110 valence electrons. The van der Waals surface area contributed by atoms with E-state index in [-0.39, 0.29) is 12.2 Å². The molecule has 0 aliphatic rings. The average molecular weight is 332 g/mol. The third kappa shape index (κ3) is 4.36. The molecular weight excluding hydrogens is 321 g/mol. The molecule has 0 saturated heterocycles. The van der Waals surface area contributed by atoms with Crippen LogP contribution in [0.4, 0.5) is 0 Å². The molecule has 0 spiro atoms. The van der Waals surface area contributed by atoms with Crippen molar-refractivity contribution < 1.29 is 9.53 Å². The molecule has 0 aliphatic carbocycles. The van der Waals surface area contributed by atoms with Gasteiger partial charge in [-0.05, 0) is 29.3 Å². The number of esters is 1. The van der Waals surface area contributed by atoms with E-state index in [0.29, 0.717) is 15.6 Å². The van der Waals surface area contributed by atoms with E-state index in [9.17, 15) is 4.79 Å². The van der Waals surface area contributed by atoms with Crippen molar-refractivity contribution in [3.8, 4) is 6.07 Å². The minimum absolute atomic E-state index is 0.102.